The van der Waals surface area contributed by atoms with E-state index in [0.717, 1.165) is 12.0 Å². The summed E-state index contributed by atoms with van der Waals surface area (Å²) in [5.41, 5.74) is 9.22. The van der Waals surface area contributed by atoms with Crippen LogP contribution < -0.4 is 5.73 Å². The van der Waals surface area contributed by atoms with E-state index in [2.05, 4.69) is 33.8 Å². The Balaban J connectivity index is 2.93. The third-order valence-electron chi connectivity index (χ3n) is 3.49. The van der Waals surface area contributed by atoms with Gasteiger partial charge in [0.15, 0.2) is 0 Å². The fourth-order valence-electron chi connectivity index (χ4n) is 2.31. The van der Waals surface area contributed by atoms with Gasteiger partial charge >= 0.3 is 0 Å². The lowest BCUT2D eigenvalue weighted by atomic mass is 9.86. The van der Waals surface area contributed by atoms with Gasteiger partial charge in [-0.05, 0) is 49.4 Å². The zero-order valence-corrected chi connectivity index (χ0v) is 11.4. The molecule has 1 aromatic rings. The molecule has 0 aromatic heterocycles. The second-order valence-electron chi connectivity index (χ2n) is 5.36. The maximum absolute atomic E-state index is 10.5. The molecule has 3 N–H and O–H groups in total. The minimum absolute atomic E-state index is 0.149. The molecule has 1 rings (SSSR count). The van der Waals surface area contributed by atoms with Gasteiger partial charge in [-0.15, -0.1) is 0 Å². The Morgan fingerprint density at radius 3 is 2.41 bits per heavy atom. The second kappa shape index (κ2) is 6.18. The minimum Gasteiger partial charge on any atom is -0.388 e. The van der Waals surface area contributed by atoms with Gasteiger partial charge in [0.25, 0.3) is 0 Å². The molecule has 0 heterocycles. The maximum atomic E-state index is 10.5. The maximum Gasteiger partial charge on any atom is 0.0833 e. The Hall–Kier alpha value is -0.860. The number of aryl methyl sites for hydroxylation is 1. The van der Waals surface area contributed by atoms with Crippen LogP contribution in [0.5, 0.6) is 0 Å². The van der Waals surface area contributed by atoms with Crippen LogP contribution in [-0.4, -0.2) is 11.7 Å². The Labute approximate surface area is 105 Å². The van der Waals surface area contributed by atoms with E-state index < -0.39 is 6.10 Å². The average molecular weight is 235 g/mol. The van der Waals surface area contributed by atoms with Crippen molar-refractivity contribution < 1.29 is 5.11 Å². The highest BCUT2D eigenvalue weighted by atomic mass is 16.3. The molecule has 0 saturated heterocycles. The molecule has 0 spiro atoms. The first kappa shape index (κ1) is 14.2. The van der Waals surface area contributed by atoms with Gasteiger partial charge in [-0.3, -0.25) is 0 Å². The Morgan fingerprint density at radius 1 is 1.24 bits per heavy atom. The second-order valence-corrected chi connectivity index (χ2v) is 5.36. The number of aliphatic hydroxyl groups excluding tert-OH is 1. The standard InChI is InChI=1S/C15H25NO/c1-10(2)8-13(9-16)15(17)14-7-5-6-11(3)12(14)4/h5-7,10,13,15,17H,8-9,16H2,1-4H3. The molecule has 2 unspecified atom stereocenters. The average Bonchev–Trinajstić information content (AvgIpc) is 2.28. The highest BCUT2D eigenvalue weighted by molar-refractivity contribution is 5.34. The molecule has 2 atom stereocenters. The van der Waals surface area contributed by atoms with E-state index in [1.807, 2.05) is 12.1 Å². The molecule has 0 amide bonds. The summed E-state index contributed by atoms with van der Waals surface area (Å²) in [5, 5.41) is 10.5. The van der Waals surface area contributed by atoms with Crippen LogP contribution in [0.3, 0.4) is 0 Å². The molecule has 2 nitrogen and oxygen atoms in total. The van der Waals surface area contributed by atoms with Crippen LogP contribution in [0.25, 0.3) is 0 Å². The molecule has 0 radical (unpaired) electrons. The fourth-order valence-corrected chi connectivity index (χ4v) is 2.31. The monoisotopic (exact) mass is 235 g/mol. The Kier molecular flexibility index (Phi) is 5.16. The summed E-state index contributed by atoms with van der Waals surface area (Å²) >= 11 is 0. The number of hydrogen-bond acceptors (Lipinski definition) is 2. The van der Waals surface area contributed by atoms with E-state index in [1.54, 1.807) is 0 Å². The van der Waals surface area contributed by atoms with Gasteiger partial charge in [0, 0.05) is 5.92 Å². The molecule has 0 aliphatic rings. The van der Waals surface area contributed by atoms with E-state index in [4.69, 9.17) is 5.73 Å². The third kappa shape index (κ3) is 3.55. The largest absolute Gasteiger partial charge is 0.388 e. The summed E-state index contributed by atoms with van der Waals surface area (Å²) in [5.74, 6) is 0.707. The van der Waals surface area contributed by atoms with Gasteiger partial charge < -0.3 is 10.8 Å². The summed E-state index contributed by atoms with van der Waals surface area (Å²) in [4.78, 5) is 0. The fraction of sp³-hybridized carbons (Fsp3) is 0.600. The molecule has 17 heavy (non-hydrogen) atoms. The summed E-state index contributed by atoms with van der Waals surface area (Å²) in [6.07, 6.45) is 0.521. The van der Waals surface area contributed by atoms with Crippen molar-refractivity contribution in [2.75, 3.05) is 6.54 Å². The Morgan fingerprint density at radius 2 is 1.88 bits per heavy atom. The smallest absolute Gasteiger partial charge is 0.0833 e. The summed E-state index contributed by atoms with van der Waals surface area (Å²) in [6.45, 7) is 9.01. The van der Waals surface area contributed by atoms with Crippen LogP contribution >= 0.6 is 0 Å². The molecule has 0 aliphatic heterocycles. The Bertz CT molecular complexity index is 360. The van der Waals surface area contributed by atoms with E-state index >= 15 is 0 Å². The number of aliphatic hydroxyl groups is 1. The molecule has 0 saturated carbocycles. The van der Waals surface area contributed by atoms with Crippen molar-refractivity contribution >= 4 is 0 Å². The van der Waals surface area contributed by atoms with Crippen LogP contribution in [0.4, 0.5) is 0 Å². The number of rotatable bonds is 5. The molecular weight excluding hydrogens is 210 g/mol. The minimum atomic E-state index is -0.442. The van der Waals surface area contributed by atoms with Crippen LogP contribution in [0, 0.1) is 25.7 Å². The van der Waals surface area contributed by atoms with Crippen LogP contribution in [-0.2, 0) is 0 Å². The normalized spacial score (nSPS) is 15.0. The topological polar surface area (TPSA) is 46.2 Å². The number of nitrogens with two attached hydrogens (primary N) is 1. The lowest BCUT2D eigenvalue weighted by molar-refractivity contribution is 0.0988. The quantitative estimate of drug-likeness (QED) is 0.824. The zero-order chi connectivity index (χ0) is 13.0. The molecular formula is C15H25NO. The molecule has 0 bridgehead atoms. The van der Waals surface area contributed by atoms with Gasteiger partial charge in [0.2, 0.25) is 0 Å². The highest BCUT2D eigenvalue weighted by Crippen LogP contribution is 2.29. The van der Waals surface area contributed by atoms with E-state index in [0.29, 0.717) is 12.5 Å². The van der Waals surface area contributed by atoms with E-state index in [1.165, 1.54) is 11.1 Å². The van der Waals surface area contributed by atoms with Crippen molar-refractivity contribution in [3.05, 3.63) is 34.9 Å². The van der Waals surface area contributed by atoms with Crippen LogP contribution in [0.15, 0.2) is 18.2 Å². The van der Waals surface area contributed by atoms with E-state index in [-0.39, 0.29) is 5.92 Å². The van der Waals surface area contributed by atoms with Gasteiger partial charge in [0.1, 0.15) is 0 Å². The van der Waals surface area contributed by atoms with Crippen LogP contribution in [0.1, 0.15) is 43.1 Å². The lowest BCUT2D eigenvalue weighted by Crippen LogP contribution is -2.24. The number of hydrogen-bond donors (Lipinski definition) is 2. The zero-order valence-electron chi connectivity index (χ0n) is 11.4. The van der Waals surface area contributed by atoms with Gasteiger partial charge in [0.05, 0.1) is 6.10 Å². The van der Waals surface area contributed by atoms with Gasteiger partial charge in [-0.1, -0.05) is 32.0 Å². The summed E-state index contributed by atoms with van der Waals surface area (Å²) in [6, 6.07) is 6.09. The van der Waals surface area contributed by atoms with Crippen LogP contribution in [0.2, 0.25) is 0 Å². The van der Waals surface area contributed by atoms with Gasteiger partial charge in [-0.25, -0.2) is 0 Å². The number of benzene rings is 1. The van der Waals surface area contributed by atoms with Crippen molar-refractivity contribution in [3.63, 3.8) is 0 Å². The summed E-state index contributed by atoms with van der Waals surface area (Å²) < 4.78 is 0. The SMILES string of the molecule is Cc1cccc(C(O)C(CN)CC(C)C)c1C. The molecule has 0 fully saturated rings. The van der Waals surface area contributed by atoms with Crippen molar-refractivity contribution in [1.82, 2.24) is 0 Å². The van der Waals surface area contributed by atoms with Crippen molar-refractivity contribution in [1.29, 1.82) is 0 Å². The molecule has 0 aliphatic carbocycles. The van der Waals surface area contributed by atoms with Crippen molar-refractivity contribution in [2.45, 2.75) is 40.2 Å². The molecule has 2 heteroatoms. The van der Waals surface area contributed by atoms with E-state index in [9.17, 15) is 5.11 Å². The molecule has 96 valence electrons. The van der Waals surface area contributed by atoms with Crippen molar-refractivity contribution in [3.8, 4) is 0 Å². The first-order valence-corrected chi connectivity index (χ1v) is 6.41. The third-order valence-corrected chi connectivity index (χ3v) is 3.49. The summed E-state index contributed by atoms with van der Waals surface area (Å²) in [7, 11) is 0. The highest BCUT2D eigenvalue weighted by Gasteiger charge is 2.22. The molecule has 1 aromatic carbocycles. The lowest BCUT2D eigenvalue weighted by Gasteiger charge is -2.25. The first-order chi connectivity index (χ1) is 7.97. The first-order valence-electron chi connectivity index (χ1n) is 6.41. The van der Waals surface area contributed by atoms with Crippen molar-refractivity contribution in [2.24, 2.45) is 17.6 Å². The predicted molar refractivity (Wildman–Crippen MR) is 72.9 cm³/mol. The predicted octanol–water partition coefficient (Wildman–Crippen LogP) is 2.96. The van der Waals surface area contributed by atoms with Gasteiger partial charge in [-0.2, -0.15) is 0 Å².